The van der Waals surface area contributed by atoms with Gasteiger partial charge in [0, 0.05) is 23.0 Å². The number of halogens is 1. The van der Waals surface area contributed by atoms with Crippen LogP contribution in [0, 0.1) is 0 Å². The van der Waals surface area contributed by atoms with Crippen molar-refractivity contribution in [2.45, 2.75) is 25.9 Å². The van der Waals surface area contributed by atoms with E-state index in [4.69, 9.17) is 11.6 Å². The average molecular weight is 369 g/mol. The number of carbonyl (C=O) groups excluding carboxylic acids is 1. The summed E-state index contributed by atoms with van der Waals surface area (Å²) in [6.45, 7) is 2.18. The van der Waals surface area contributed by atoms with Crippen LogP contribution < -0.4 is 10.9 Å². The Morgan fingerprint density at radius 2 is 2.00 bits per heavy atom. The van der Waals surface area contributed by atoms with Gasteiger partial charge < -0.3 is 15.0 Å². The molecule has 1 aliphatic rings. The maximum atomic E-state index is 12.9. The number of aromatic nitrogens is 1. The number of nitrogens with zero attached hydrogens (tertiary/aromatic N) is 1. The van der Waals surface area contributed by atoms with Crippen molar-refractivity contribution in [3.05, 3.63) is 74.5 Å². The second-order valence-electron chi connectivity index (χ2n) is 6.57. The second kappa shape index (κ2) is 6.18. The molecule has 1 amide bonds. The van der Waals surface area contributed by atoms with Crippen LogP contribution in [-0.4, -0.2) is 15.6 Å². The van der Waals surface area contributed by atoms with E-state index in [0.29, 0.717) is 16.8 Å². The van der Waals surface area contributed by atoms with Gasteiger partial charge in [0.25, 0.3) is 11.5 Å². The summed E-state index contributed by atoms with van der Waals surface area (Å²) in [5.74, 6) is -0.844. The molecule has 0 radical (unpaired) electrons. The zero-order valence-corrected chi connectivity index (χ0v) is 14.9. The van der Waals surface area contributed by atoms with E-state index in [9.17, 15) is 14.7 Å². The minimum absolute atomic E-state index is 0.0502. The summed E-state index contributed by atoms with van der Waals surface area (Å²) in [5.41, 5.74) is 1.91. The van der Waals surface area contributed by atoms with Gasteiger partial charge in [-0.3, -0.25) is 9.59 Å². The molecule has 4 rings (SSSR count). The van der Waals surface area contributed by atoms with Crippen molar-refractivity contribution in [3.8, 4) is 5.75 Å². The predicted octanol–water partition coefficient (Wildman–Crippen LogP) is 3.41. The molecule has 1 aromatic heterocycles. The minimum Gasteiger partial charge on any atom is -0.506 e. The summed E-state index contributed by atoms with van der Waals surface area (Å²) >= 11 is 5.85. The first-order valence-corrected chi connectivity index (χ1v) is 8.77. The Balaban J connectivity index is 1.74. The van der Waals surface area contributed by atoms with Gasteiger partial charge in [-0.2, -0.15) is 0 Å². The fraction of sp³-hybridized carbons (Fsp3) is 0.200. The highest BCUT2D eigenvalue weighted by Gasteiger charge is 2.29. The minimum atomic E-state index is -0.586. The third kappa shape index (κ3) is 2.56. The number of benzene rings is 2. The molecule has 6 heteroatoms. The molecule has 0 fully saturated rings. The van der Waals surface area contributed by atoms with E-state index in [1.54, 1.807) is 34.9 Å². The number of hydrogen-bond acceptors (Lipinski definition) is 3. The largest absolute Gasteiger partial charge is 0.506 e. The van der Waals surface area contributed by atoms with Gasteiger partial charge in [-0.05, 0) is 42.7 Å². The third-order valence-corrected chi connectivity index (χ3v) is 5.09. The third-order valence-electron chi connectivity index (χ3n) is 4.83. The number of aromatic hydroxyl groups is 1. The number of rotatable bonds is 3. The number of nitrogens with one attached hydrogen (secondary N) is 1. The van der Waals surface area contributed by atoms with Crippen molar-refractivity contribution >= 4 is 28.4 Å². The average Bonchev–Trinajstić information content (AvgIpc) is 2.96. The normalized spacial score (nSPS) is 15.4. The predicted molar refractivity (Wildman–Crippen MR) is 101 cm³/mol. The highest BCUT2D eigenvalue weighted by atomic mass is 35.5. The van der Waals surface area contributed by atoms with Gasteiger partial charge in [0.2, 0.25) is 0 Å². The maximum Gasteiger partial charge on any atom is 0.267 e. The number of pyridine rings is 1. The van der Waals surface area contributed by atoms with Crippen molar-refractivity contribution in [2.24, 2.45) is 0 Å². The molecule has 26 heavy (non-hydrogen) atoms. The van der Waals surface area contributed by atoms with Crippen LogP contribution in [-0.2, 0) is 13.0 Å². The summed E-state index contributed by atoms with van der Waals surface area (Å²) in [6, 6.07) is 12.5. The highest BCUT2D eigenvalue weighted by Crippen LogP contribution is 2.35. The summed E-state index contributed by atoms with van der Waals surface area (Å²) in [7, 11) is 0. The Hall–Kier alpha value is -2.79. The first-order valence-electron chi connectivity index (χ1n) is 8.39. The lowest BCUT2D eigenvalue weighted by Crippen LogP contribution is -2.33. The van der Waals surface area contributed by atoms with Crippen molar-refractivity contribution in [1.29, 1.82) is 0 Å². The zero-order valence-electron chi connectivity index (χ0n) is 14.1. The molecule has 3 aromatic rings. The van der Waals surface area contributed by atoms with Gasteiger partial charge in [-0.15, -0.1) is 0 Å². The molecule has 1 aliphatic heterocycles. The number of hydrogen-bond donors (Lipinski definition) is 2. The molecule has 132 valence electrons. The molecule has 5 nitrogen and oxygen atoms in total. The Morgan fingerprint density at radius 1 is 1.27 bits per heavy atom. The number of para-hydroxylation sites is 1. The lowest BCUT2D eigenvalue weighted by atomic mass is 10.1. The molecule has 1 atom stereocenters. The molecule has 0 bridgehead atoms. The Bertz CT molecular complexity index is 1090. The summed E-state index contributed by atoms with van der Waals surface area (Å²) in [5, 5.41) is 14.5. The van der Waals surface area contributed by atoms with Crippen LogP contribution in [0.5, 0.6) is 5.75 Å². The molecule has 2 aromatic carbocycles. The lowest BCUT2D eigenvalue weighted by Gasteiger charge is -2.14. The molecule has 0 unspecified atom stereocenters. The van der Waals surface area contributed by atoms with Crippen molar-refractivity contribution in [1.82, 2.24) is 9.88 Å². The van der Waals surface area contributed by atoms with E-state index in [0.717, 1.165) is 16.6 Å². The molecule has 0 aliphatic carbocycles. The standard InChI is InChI=1S/C20H17ClN2O3/c1-11-9-13-3-2-4-15-17(13)23(11)20(26)16(18(15)24)19(25)22-10-12-5-7-14(21)8-6-12/h2-8,11,24H,9-10H2,1H3,(H,22,25)/t11-/m1/s1. The van der Waals surface area contributed by atoms with Gasteiger partial charge in [-0.1, -0.05) is 35.9 Å². The molecule has 2 N–H and O–H groups in total. The Kier molecular flexibility index (Phi) is 3.96. The van der Waals surface area contributed by atoms with Crippen LogP contribution in [0.3, 0.4) is 0 Å². The molecular weight excluding hydrogens is 352 g/mol. The molecule has 0 saturated heterocycles. The van der Waals surface area contributed by atoms with Crippen LogP contribution in [0.2, 0.25) is 5.02 Å². The van der Waals surface area contributed by atoms with Crippen molar-refractivity contribution in [2.75, 3.05) is 0 Å². The highest BCUT2D eigenvalue weighted by molar-refractivity contribution is 6.30. The van der Waals surface area contributed by atoms with Gasteiger partial charge in [-0.25, -0.2) is 0 Å². The summed E-state index contributed by atoms with van der Waals surface area (Å²) in [6.07, 6.45) is 0.710. The molecular formula is C20H17ClN2O3. The van der Waals surface area contributed by atoms with Crippen molar-refractivity contribution in [3.63, 3.8) is 0 Å². The van der Waals surface area contributed by atoms with Gasteiger partial charge >= 0.3 is 0 Å². The lowest BCUT2D eigenvalue weighted by molar-refractivity contribution is 0.0946. The van der Waals surface area contributed by atoms with E-state index in [2.05, 4.69) is 5.32 Å². The Morgan fingerprint density at radius 3 is 2.73 bits per heavy atom. The van der Waals surface area contributed by atoms with Crippen LogP contribution >= 0.6 is 11.6 Å². The van der Waals surface area contributed by atoms with Gasteiger partial charge in [0.15, 0.2) is 0 Å². The van der Waals surface area contributed by atoms with E-state index < -0.39 is 11.5 Å². The zero-order chi connectivity index (χ0) is 18.4. The fourth-order valence-electron chi connectivity index (χ4n) is 3.60. The Labute approximate surface area is 154 Å². The van der Waals surface area contributed by atoms with Gasteiger partial charge in [0.05, 0.1) is 5.52 Å². The van der Waals surface area contributed by atoms with Crippen LogP contribution in [0.4, 0.5) is 0 Å². The first kappa shape index (κ1) is 16.7. The first-order chi connectivity index (χ1) is 12.5. The van der Waals surface area contributed by atoms with Gasteiger partial charge in [0.1, 0.15) is 11.3 Å². The smallest absolute Gasteiger partial charge is 0.267 e. The maximum absolute atomic E-state index is 12.9. The quantitative estimate of drug-likeness (QED) is 0.744. The summed E-state index contributed by atoms with van der Waals surface area (Å²) < 4.78 is 1.61. The topological polar surface area (TPSA) is 71.3 Å². The van der Waals surface area contributed by atoms with Crippen LogP contribution in [0.25, 0.3) is 10.9 Å². The van der Waals surface area contributed by atoms with E-state index in [1.807, 2.05) is 19.1 Å². The van der Waals surface area contributed by atoms with Crippen molar-refractivity contribution < 1.29 is 9.90 Å². The van der Waals surface area contributed by atoms with Crippen LogP contribution in [0.1, 0.15) is 34.5 Å². The SMILES string of the molecule is C[C@@H]1Cc2cccc3c(O)c(C(=O)NCc4ccc(Cl)cc4)c(=O)n1c23. The van der Waals surface area contributed by atoms with E-state index >= 15 is 0 Å². The number of amides is 1. The summed E-state index contributed by atoms with van der Waals surface area (Å²) in [4.78, 5) is 25.6. The van der Waals surface area contributed by atoms with E-state index in [-0.39, 0.29) is 23.9 Å². The second-order valence-corrected chi connectivity index (χ2v) is 7.01. The molecule has 0 spiro atoms. The fourth-order valence-corrected chi connectivity index (χ4v) is 3.72. The molecule has 0 saturated carbocycles. The van der Waals surface area contributed by atoms with E-state index in [1.165, 1.54) is 0 Å². The molecule has 2 heterocycles. The van der Waals surface area contributed by atoms with Crippen LogP contribution in [0.15, 0.2) is 47.3 Å². The monoisotopic (exact) mass is 368 g/mol. The number of carbonyl (C=O) groups is 1.